The number of methoxy groups -OCH3 is 1. The van der Waals surface area contributed by atoms with Gasteiger partial charge in [0.1, 0.15) is 19.0 Å². The summed E-state index contributed by atoms with van der Waals surface area (Å²) in [6.45, 7) is 0.768. The molecule has 0 fully saturated rings. The lowest BCUT2D eigenvalue weighted by Crippen LogP contribution is -2.09. The summed E-state index contributed by atoms with van der Waals surface area (Å²) in [7, 11) is 1.61. The average molecular weight is 415 g/mol. The van der Waals surface area contributed by atoms with Crippen molar-refractivity contribution in [3.05, 3.63) is 95.7 Å². The first-order valence-corrected chi connectivity index (χ1v) is 9.79. The van der Waals surface area contributed by atoms with Crippen LogP contribution in [0.2, 0.25) is 0 Å². The van der Waals surface area contributed by atoms with E-state index in [0.717, 1.165) is 11.1 Å². The van der Waals surface area contributed by atoms with Gasteiger partial charge in [-0.15, -0.1) is 0 Å². The summed E-state index contributed by atoms with van der Waals surface area (Å²) in [5.41, 5.74) is 1.85. The van der Waals surface area contributed by atoms with Crippen LogP contribution in [0.15, 0.2) is 89.6 Å². The minimum atomic E-state index is -0.465. The summed E-state index contributed by atoms with van der Waals surface area (Å²) in [4.78, 5) is 16.4. The quantitative estimate of drug-likeness (QED) is 0.308. The van der Waals surface area contributed by atoms with E-state index in [1.54, 1.807) is 13.2 Å². The molecule has 0 unspecified atom stereocenters. The van der Waals surface area contributed by atoms with Gasteiger partial charge in [0.15, 0.2) is 17.2 Å². The first-order valence-electron chi connectivity index (χ1n) is 9.79. The van der Waals surface area contributed by atoms with Crippen molar-refractivity contribution >= 4 is 17.9 Å². The van der Waals surface area contributed by atoms with Crippen molar-refractivity contribution in [1.82, 2.24) is 0 Å². The standard InChI is InChI=1S/C25H21NO5/c1-28-22-9-5-6-10-23(22)30-16-15-29-20-13-11-18(12-14-20)17-21-25(27)31-24(26-21)19-7-3-2-4-8-19/h2-14,17H,15-16H2,1H3. The highest BCUT2D eigenvalue weighted by Gasteiger charge is 2.23. The highest BCUT2D eigenvalue weighted by atomic mass is 16.6. The summed E-state index contributed by atoms with van der Waals surface area (Å²) >= 11 is 0. The van der Waals surface area contributed by atoms with Crippen LogP contribution >= 0.6 is 0 Å². The van der Waals surface area contributed by atoms with Gasteiger partial charge in [0.25, 0.3) is 0 Å². The van der Waals surface area contributed by atoms with Crippen molar-refractivity contribution in [2.75, 3.05) is 20.3 Å². The molecular weight excluding hydrogens is 394 g/mol. The van der Waals surface area contributed by atoms with E-state index in [0.29, 0.717) is 36.4 Å². The van der Waals surface area contributed by atoms with Crippen LogP contribution in [0.5, 0.6) is 17.2 Å². The van der Waals surface area contributed by atoms with Gasteiger partial charge >= 0.3 is 5.97 Å². The molecule has 6 heteroatoms. The summed E-state index contributed by atoms with van der Waals surface area (Å²) < 4.78 is 21.9. The van der Waals surface area contributed by atoms with E-state index >= 15 is 0 Å². The molecule has 0 aromatic heterocycles. The van der Waals surface area contributed by atoms with Crippen molar-refractivity contribution in [1.29, 1.82) is 0 Å². The highest BCUT2D eigenvalue weighted by molar-refractivity contribution is 6.12. The third-order valence-corrected chi connectivity index (χ3v) is 4.50. The van der Waals surface area contributed by atoms with Gasteiger partial charge in [0, 0.05) is 5.56 Å². The number of para-hydroxylation sites is 2. The number of ether oxygens (including phenoxy) is 4. The smallest absolute Gasteiger partial charge is 0.363 e. The van der Waals surface area contributed by atoms with E-state index in [9.17, 15) is 4.79 Å². The molecule has 0 atom stereocenters. The maximum atomic E-state index is 12.1. The van der Waals surface area contributed by atoms with E-state index in [-0.39, 0.29) is 5.70 Å². The number of rotatable bonds is 8. The minimum absolute atomic E-state index is 0.262. The Hall–Kier alpha value is -4.06. The zero-order valence-corrected chi connectivity index (χ0v) is 17.0. The number of hydrogen-bond acceptors (Lipinski definition) is 6. The largest absolute Gasteiger partial charge is 0.493 e. The van der Waals surface area contributed by atoms with Gasteiger partial charge in [-0.05, 0) is 48.0 Å². The Bertz CT molecular complexity index is 1100. The molecule has 1 aliphatic rings. The van der Waals surface area contributed by atoms with Gasteiger partial charge in [-0.1, -0.05) is 42.5 Å². The lowest BCUT2D eigenvalue weighted by Gasteiger charge is -2.11. The molecule has 0 bridgehead atoms. The Morgan fingerprint density at radius 2 is 1.52 bits per heavy atom. The molecule has 6 nitrogen and oxygen atoms in total. The van der Waals surface area contributed by atoms with E-state index in [4.69, 9.17) is 18.9 Å². The normalized spacial score (nSPS) is 14.2. The average Bonchev–Trinajstić information content (AvgIpc) is 3.18. The van der Waals surface area contributed by atoms with Crippen LogP contribution in [0.25, 0.3) is 6.08 Å². The third kappa shape index (κ3) is 5.11. The van der Waals surface area contributed by atoms with Gasteiger partial charge in [0.2, 0.25) is 5.90 Å². The summed E-state index contributed by atoms with van der Waals surface area (Å²) in [5, 5.41) is 0. The van der Waals surface area contributed by atoms with Crippen LogP contribution in [-0.2, 0) is 9.53 Å². The van der Waals surface area contributed by atoms with Crippen LogP contribution in [0, 0.1) is 0 Å². The zero-order valence-electron chi connectivity index (χ0n) is 17.0. The van der Waals surface area contributed by atoms with E-state index < -0.39 is 5.97 Å². The van der Waals surface area contributed by atoms with Crippen molar-refractivity contribution in [3.63, 3.8) is 0 Å². The van der Waals surface area contributed by atoms with Crippen LogP contribution in [-0.4, -0.2) is 32.2 Å². The van der Waals surface area contributed by atoms with Crippen LogP contribution in [0.4, 0.5) is 0 Å². The Morgan fingerprint density at radius 3 is 2.26 bits per heavy atom. The summed E-state index contributed by atoms with van der Waals surface area (Å²) in [5.74, 6) is 1.91. The molecule has 156 valence electrons. The Kier molecular flexibility index (Phi) is 6.28. The predicted octanol–water partition coefficient (Wildman–Crippen LogP) is 4.50. The fourth-order valence-electron chi connectivity index (χ4n) is 2.98. The molecule has 0 aliphatic carbocycles. The molecule has 1 aliphatic heterocycles. The van der Waals surface area contributed by atoms with Gasteiger partial charge < -0.3 is 18.9 Å². The SMILES string of the molecule is COc1ccccc1OCCOc1ccc(C=C2N=C(c3ccccc3)OC2=O)cc1. The summed E-state index contributed by atoms with van der Waals surface area (Å²) in [6.07, 6.45) is 1.69. The van der Waals surface area contributed by atoms with Crippen molar-refractivity contribution in [3.8, 4) is 17.2 Å². The number of nitrogens with zero attached hydrogens (tertiary/aromatic N) is 1. The van der Waals surface area contributed by atoms with Crippen molar-refractivity contribution in [2.24, 2.45) is 4.99 Å². The number of aliphatic imine (C=N–C) groups is 1. The molecule has 0 saturated heterocycles. The molecule has 0 spiro atoms. The number of carbonyl (C=O) groups excluding carboxylic acids is 1. The minimum Gasteiger partial charge on any atom is -0.493 e. The molecule has 1 heterocycles. The Morgan fingerprint density at radius 1 is 0.839 bits per heavy atom. The number of hydrogen-bond donors (Lipinski definition) is 0. The molecule has 0 N–H and O–H groups in total. The zero-order chi connectivity index (χ0) is 21.5. The Labute approximate surface area is 180 Å². The number of esters is 1. The first-order chi connectivity index (χ1) is 15.2. The van der Waals surface area contributed by atoms with Gasteiger partial charge in [-0.25, -0.2) is 9.79 Å². The van der Waals surface area contributed by atoms with Crippen LogP contribution in [0.3, 0.4) is 0 Å². The fourth-order valence-corrected chi connectivity index (χ4v) is 2.98. The first kappa shape index (κ1) is 20.2. The summed E-state index contributed by atoms with van der Waals surface area (Å²) in [6, 6.07) is 24.2. The Balaban J connectivity index is 1.33. The van der Waals surface area contributed by atoms with Gasteiger partial charge in [-0.2, -0.15) is 0 Å². The second-order valence-electron chi connectivity index (χ2n) is 6.62. The topological polar surface area (TPSA) is 66.3 Å². The highest BCUT2D eigenvalue weighted by Crippen LogP contribution is 2.25. The van der Waals surface area contributed by atoms with Crippen molar-refractivity contribution < 1.29 is 23.7 Å². The van der Waals surface area contributed by atoms with Gasteiger partial charge in [0.05, 0.1) is 7.11 Å². The number of benzene rings is 3. The third-order valence-electron chi connectivity index (χ3n) is 4.50. The molecule has 0 radical (unpaired) electrons. The lowest BCUT2D eigenvalue weighted by atomic mass is 10.2. The van der Waals surface area contributed by atoms with E-state index in [2.05, 4.69) is 4.99 Å². The van der Waals surface area contributed by atoms with Gasteiger partial charge in [-0.3, -0.25) is 0 Å². The molecule has 4 rings (SSSR count). The monoisotopic (exact) mass is 415 g/mol. The molecule has 3 aromatic rings. The maximum absolute atomic E-state index is 12.1. The molecule has 3 aromatic carbocycles. The fraction of sp³-hybridized carbons (Fsp3) is 0.120. The maximum Gasteiger partial charge on any atom is 0.363 e. The van der Waals surface area contributed by atoms with Crippen LogP contribution < -0.4 is 14.2 Å². The second kappa shape index (κ2) is 9.63. The van der Waals surface area contributed by atoms with Crippen LogP contribution in [0.1, 0.15) is 11.1 Å². The predicted molar refractivity (Wildman–Crippen MR) is 117 cm³/mol. The number of cyclic esters (lactones) is 1. The number of carbonyl (C=O) groups is 1. The van der Waals surface area contributed by atoms with Crippen molar-refractivity contribution in [2.45, 2.75) is 0 Å². The van der Waals surface area contributed by atoms with E-state index in [1.165, 1.54) is 0 Å². The second-order valence-corrected chi connectivity index (χ2v) is 6.62. The molecule has 0 saturated carbocycles. The molecule has 31 heavy (non-hydrogen) atoms. The molecular formula is C25H21NO5. The molecule has 0 amide bonds. The van der Waals surface area contributed by atoms with E-state index in [1.807, 2.05) is 78.9 Å². The lowest BCUT2D eigenvalue weighted by molar-refractivity contribution is -0.129.